The number of aromatic nitrogens is 1. The molecule has 1 aliphatic heterocycles. The van der Waals surface area contributed by atoms with Crippen molar-refractivity contribution >= 4 is 15.7 Å². The minimum atomic E-state index is -4.00. The normalized spacial score (nSPS) is 23.4. The Hall–Kier alpha value is -2.33. The van der Waals surface area contributed by atoms with E-state index in [1.165, 1.54) is 17.6 Å². The average Bonchev–Trinajstić information content (AvgIpc) is 2.68. The van der Waals surface area contributed by atoms with Crippen molar-refractivity contribution in [3.63, 3.8) is 0 Å². The number of nitrogens with one attached hydrogen (secondary N) is 2. The minimum Gasteiger partial charge on any atom is -0.377 e. The van der Waals surface area contributed by atoms with Crippen LogP contribution in [0.5, 0.6) is 0 Å². The lowest BCUT2D eigenvalue weighted by Gasteiger charge is -2.37. The first-order valence-electron chi connectivity index (χ1n) is 8.01. The Labute approximate surface area is 150 Å². The smallest absolute Gasteiger partial charge is 0.277 e. The van der Waals surface area contributed by atoms with Gasteiger partial charge < -0.3 is 10.4 Å². The first kappa shape index (κ1) is 18.5. The van der Waals surface area contributed by atoms with Crippen LogP contribution in [0.4, 0.5) is 0 Å². The average molecular weight is 377 g/mol. The minimum absolute atomic E-state index is 0.00590. The van der Waals surface area contributed by atoms with Gasteiger partial charge in [0.1, 0.15) is 5.25 Å². The fraction of sp³-hybridized carbons (Fsp3) is 0.294. The predicted octanol–water partition coefficient (Wildman–Crippen LogP) is 0.121. The monoisotopic (exact) mass is 377 g/mol. The molecule has 0 saturated carbocycles. The zero-order valence-corrected chi connectivity index (χ0v) is 14.6. The number of β-amino-alcohol motifs (C(OH)–C–C–N with tert-alkyl or cyclic N) is 1. The van der Waals surface area contributed by atoms with E-state index in [9.17, 15) is 18.3 Å². The van der Waals surface area contributed by atoms with Crippen molar-refractivity contribution in [2.45, 2.75) is 22.2 Å². The van der Waals surface area contributed by atoms with E-state index in [1.807, 2.05) is 0 Å². The van der Waals surface area contributed by atoms with E-state index in [2.05, 4.69) is 10.3 Å². The van der Waals surface area contributed by atoms with E-state index >= 15 is 0 Å². The lowest BCUT2D eigenvalue weighted by molar-refractivity contribution is -0.149. The zero-order valence-electron chi connectivity index (χ0n) is 13.8. The number of hydrogen-bond acceptors (Lipinski definition) is 7. The summed E-state index contributed by atoms with van der Waals surface area (Å²) < 4.78 is 26.0. The molecule has 138 valence electrons. The number of nitrogens with zero attached hydrogens (tertiary/aromatic N) is 1. The number of pyridine rings is 1. The van der Waals surface area contributed by atoms with Crippen LogP contribution in [0.1, 0.15) is 6.42 Å². The van der Waals surface area contributed by atoms with Gasteiger partial charge in [0.25, 0.3) is 5.91 Å². The van der Waals surface area contributed by atoms with Crippen LogP contribution >= 0.6 is 0 Å². The standard InChI is InChI=1S/C17H19N3O5S/c21-16(20-23)17(22)11-19-10-7-15(17)26(24,25)14-3-1-12(2-4-14)13-5-8-18-9-6-13/h1-6,8-9,15,19,22-23H,7,10-11H2,(H,20,21). The summed E-state index contributed by atoms with van der Waals surface area (Å²) in [7, 11) is -4.00. The van der Waals surface area contributed by atoms with Crippen LogP contribution < -0.4 is 10.8 Å². The van der Waals surface area contributed by atoms with E-state index in [-0.39, 0.29) is 17.9 Å². The van der Waals surface area contributed by atoms with Crippen molar-refractivity contribution < 1.29 is 23.5 Å². The Balaban J connectivity index is 1.95. The van der Waals surface area contributed by atoms with Crippen molar-refractivity contribution in [3.05, 3.63) is 48.8 Å². The van der Waals surface area contributed by atoms with Crippen LogP contribution in [0.25, 0.3) is 11.1 Å². The van der Waals surface area contributed by atoms with E-state index < -0.39 is 26.6 Å². The Morgan fingerprint density at radius 3 is 2.38 bits per heavy atom. The van der Waals surface area contributed by atoms with Crippen LogP contribution in [-0.2, 0) is 14.6 Å². The maximum absolute atomic E-state index is 13.0. The first-order chi connectivity index (χ1) is 12.4. The Bertz CT molecular complexity index is 886. The molecule has 2 heterocycles. The molecule has 1 saturated heterocycles. The maximum Gasteiger partial charge on any atom is 0.277 e. The van der Waals surface area contributed by atoms with Crippen molar-refractivity contribution in [2.24, 2.45) is 0 Å². The van der Waals surface area contributed by atoms with Gasteiger partial charge in [0.05, 0.1) is 4.90 Å². The molecule has 1 amide bonds. The van der Waals surface area contributed by atoms with Gasteiger partial charge in [-0.3, -0.25) is 15.0 Å². The number of sulfone groups is 1. The maximum atomic E-state index is 13.0. The Morgan fingerprint density at radius 2 is 1.77 bits per heavy atom. The van der Waals surface area contributed by atoms with E-state index in [1.54, 1.807) is 36.7 Å². The summed E-state index contributed by atoms with van der Waals surface area (Å²) >= 11 is 0. The van der Waals surface area contributed by atoms with Crippen molar-refractivity contribution in [3.8, 4) is 11.1 Å². The fourth-order valence-electron chi connectivity index (χ4n) is 3.15. The molecule has 2 aromatic rings. The number of benzene rings is 1. The molecule has 9 heteroatoms. The number of amides is 1. The topological polar surface area (TPSA) is 129 Å². The summed E-state index contributed by atoms with van der Waals surface area (Å²) in [5.41, 5.74) is 0.816. The fourth-order valence-corrected chi connectivity index (χ4v) is 5.12. The second kappa shape index (κ2) is 7.12. The number of hydrogen-bond donors (Lipinski definition) is 4. The highest BCUT2D eigenvalue weighted by Gasteiger charge is 2.52. The third-order valence-corrected chi connectivity index (χ3v) is 6.88. The third kappa shape index (κ3) is 3.21. The summed E-state index contributed by atoms with van der Waals surface area (Å²) in [6.45, 7) is 0.0679. The summed E-state index contributed by atoms with van der Waals surface area (Å²) in [6, 6.07) is 9.83. The number of hydroxylamine groups is 1. The van der Waals surface area contributed by atoms with E-state index in [4.69, 9.17) is 5.21 Å². The lowest BCUT2D eigenvalue weighted by atomic mass is 9.93. The first-order valence-corrected chi connectivity index (χ1v) is 9.56. The molecule has 26 heavy (non-hydrogen) atoms. The molecular formula is C17H19N3O5S. The molecule has 1 aromatic heterocycles. The van der Waals surface area contributed by atoms with Gasteiger partial charge in [-0.2, -0.15) is 0 Å². The molecule has 1 aromatic carbocycles. The molecule has 8 nitrogen and oxygen atoms in total. The molecule has 1 fully saturated rings. The Morgan fingerprint density at radius 1 is 1.15 bits per heavy atom. The van der Waals surface area contributed by atoms with Gasteiger partial charge in [0.15, 0.2) is 15.4 Å². The van der Waals surface area contributed by atoms with Gasteiger partial charge in [-0.25, -0.2) is 13.9 Å². The Kier molecular flexibility index (Phi) is 5.05. The molecular weight excluding hydrogens is 358 g/mol. The van der Waals surface area contributed by atoms with Gasteiger partial charge in [0, 0.05) is 18.9 Å². The van der Waals surface area contributed by atoms with Crippen molar-refractivity contribution in [2.75, 3.05) is 13.1 Å². The SMILES string of the molecule is O=C(NO)C1(O)CNCCC1S(=O)(=O)c1ccc(-c2ccncc2)cc1. The van der Waals surface area contributed by atoms with Gasteiger partial charge in [-0.15, -0.1) is 0 Å². The molecule has 1 aliphatic rings. The quantitative estimate of drug-likeness (QED) is 0.440. The lowest BCUT2D eigenvalue weighted by Crippen LogP contribution is -2.65. The highest BCUT2D eigenvalue weighted by Crippen LogP contribution is 2.30. The number of rotatable bonds is 4. The molecule has 0 radical (unpaired) electrons. The van der Waals surface area contributed by atoms with Gasteiger partial charge >= 0.3 is 0 Å². The summed E-state index contributed by atoms with van der Waals surface area (Å²) in [4.78, 5) is 15.8. The van der Waals surface area contributed by atoms with E-state index in [0.29, 0.717) is 6.54 Å². The molecule has 0 aliphatic carbocycles. The van der Waals surface area contributed by atoms with Crippen molar-refractivity contribution in [1.29, 1.82) is 0 Å². The molecule has 3 rings (SSSR count). The highest BCUT2D eigenvalue weighted by atomic mass is 32.2. The van der Waals surface area contributed by atoms with Crippen LogP contribution in [0.15, 0.2) is 53.7 Å². The molecule has 2 unspecified atom stereocenters. The second-order valence-electron chi connectivity index (χ2n) is 6.12. The molecule has 0 bridgehead atoms. The number of carbonyl (C=O) groups is 1. The van der Waals surface area contributed by atoms with Crippen LogP contribution in [0.3, 0.4) is 0 Å². The number of aliphatic hydroxyl groups is 1. The van der Waals surface area contributed by atoms with Gasteiger partial charge in [-0.1, -0.05) is 12.1 Å². The highest BCUT2D eigenvalue weighted by molar-refractivity contribution is 7.92. The number of carbonyl (C=O) groups excluding carboxylic acids is 1. The van der Waals surface area contributed by atoms with Gasteiger partial charge in [0.2, 0.25) is 0 Å². The predicted molar refractivity (Wildman–Crippen MR) is 93.0 cm³/mol. The van der Waals surface area contributed by atoms with E-state index in [0.717, 1.165) is 11.1 Å². The third-order valence-electron chi connectivity index (χ3n) is 4.58. The molecule has 0 spiro atoms. The van der Waals surface area contributed by atoms with Crippen LogP contribution in [0.2, 0.25) is 0 Å². The van der Waals surface area contributed by atoms with Crippen molar-refractivity contribution in [1.82, 2.24) is 15.8 Å². The van der Waals surface area contributed by atoms with Gasteiger partial charge in [-0.05, 0) is 48.4 Å². The molecule has 4 N–H and O–H groups in total. The summed E-state index contributed by atoms with van der Waals surface area (Å²) in [5.74, 6) is -1.15. The van der Waals surface area contributed by atoms with Crippen LogP contribution in [-0.4, -0.2) is 53.6 Å². The largest absolute Gasteiger partial charge is 0.377 e. The summed E-state index contributed by atoms with van der Waals surface area (Å²) in [5, 5.41) is 20.9. The molecule has 2 atom stereocenters. The zero-order chi connectivity index (χ0) is 18.8. The summed E-state index contributed by atoms with van der Waals surface area (Å²) in [6.07, 6.45) is 3.32. The van der Waals surface area contributed by atoms with Crippen LogP contribution in [0, 0.1) is 0 Å². The second-order valence-corrected chi connectivity index (χ2v) is 8.26. The number of piperidine rings is 1.